The van der Waals surface area contributed by atoms with Crippen molar-refractivity contribution >= 4 is 28.6 Å². The predicted molar refractivity (Wildman–Crippen MR) is 102 cm³/mol. The number of carbonyl (C=O) groups excluding carboxylic acids is 2. The zero-order chi connectivity index (χ0) is 20.3. The van der Waals surface area contributed by atoms with Crippen molar-refractivity contribution < 1.29 is 18.7 Å². The van der Waals surface area contributed by atoms with Crippen molar-refractivity contribution in [3.63, 3.8) is 0 Å². The fourth-order valence-electron chi connectivity index (χ4n) is 2.72. The second kappa shape index (κ2) is 7.99. The van der Waals surface area contributed by atoms with Crippen molar-refractivity contribution in [2.24, 2.45) is 0 Å². The molecule has 28 heavy (non-hydrogen) atoms. The van der Waals surface area contributed by atoms with Gasteiger partial charge in [-0.25, -0.2) is 14.2 Å². The van der Waals surface area contributed by atoms with Gasteiger partial charge in [0.25, 0.3) is 5.91 Å². The molecule has 3 aromatic rings. The highest BCUT2D eigenvalue weighted by Gasteiger charge is 2.18. The Labute approximate surface area is 159 Å². The minimum Gasteiger partial charge on any atom is -0.452 e. The van der Waals surface area contributed by atoms with E-state index in [4.69, 9.17) is 4.74 Å². The molecule has 0 fully saturated rings. The van der Waals surface area contributed by atoms with Gasteiger partial charge in [0.05, 0.1) is 5.39 Å². The topological polar surface area (TPSA) is 90.3 Å². The van der Waals surface area contributed by atoms with Gasteiger partial charge >= 0.3 is 5.97 Å². The fraction of sp³-hybridized carbons (Fsp3) is 0.200. The number of benzene rings is 1. The highest BCUT2D eigenvalue weighted by Crippen LogP contribution is 2.12. The SMILES string of the molecule is CCn1cc(C(=O)OCC(=O)Nc2cccc(F)c2)c(=O)c2ccc(C)nc21. The smallest absolute Gasteiger partial charge is 0.344 e. The number of carbonyl (C=O) groups is 2. The number of aromatic nitrogens is 2. The lowest BCUT2D eigenvalue weighted by Gasteiger charge is -2.11. The van der Waals surface area contributed by atoms with Gasteiger partial charge in [-0.05, 0) is 44.2 Å². The van der Waals surface area contributed by atoms with Gasteiger partial charge in [0, 0.05) is 24.1 Å². The predicted octanol–water partition coefficient (Wildman–Crippen LogP) is 2.66. The van der Waals surface area contributed by atoms with Gasteiger partial charge in [0.1, 0.15) is 17.0 Å². The summed E-state index contributed by atoms with van der Waals surface area (Å²) in [6, 6.07) is 8.61. The fourth-order valence-corrected chi connectivity index (χ4v) is 2.72. The summed E-state index contributed by atoms with van der Waals surface area (Å²) in [4.78, 5) is 41.3. The normalized spacial score (nSPS) is 10.7. The Morgan fingerprint density at radius 2 is 2.04 bits per heavy atom. The number of hydrogen-bond acceptors (Lipinski definition) is 5. The first-order valence-electron chi connectivity index (χ1n) is 8.62. The van der Waals surface area contributed by atoms with Crippen molar-refractivity contribution in [1.82, 2.24) is 9.55 Å². The maximum absolute atomic E-state index is 13.1. The van der Waals surface area contributed by atoms with E-state index in [0.29, 0.717) is 17.6 Å². The summed E-state index contributed by atoms with van der Waals surface area (Å²) < 4.78 is 19.8. The van der Waals surface area contributed by atoms with E-state index in [1.165, 1.54) is 24.4 Å². The molecular formula is C20H18FN3O4. The Hall–Kier alpha value is -3.55. The zero-order valence-electron chi connectivity index (χ0n) is 15.4. The van der Waals surface area contributed by atoms with Gasteiger partial charge in [-0.3, -0.25) is 9.59 Å². The molecule has 0 radical (unpaired) electrons. The van der Waals surface area contributed by atoms with Gasteiger partial charge in [0.2, 0.25) is 5.43 Å². The van der Waals surface area contributed by atoms with Crippen LogP contribution in [0.3, 0.4) is 0 Å². The zero-order valence-corrected chi connectivity index (χ0v) is 15.4. The average molecular weight is 383 g/mol. The molecule has 0 spiro atoms. The Balaban J connectivity index is 1.78. The summed E-state index contributed by atoms with van der Waals surface area (Å²) in [5.41, 5.74) is 0.772. The third-order valence-electron chi connectivity index (χ3n) is 4.06. The van der Waals surface area contributed by atoms with Crippen molar-refractivity contribution in [1.29, 1.82) is 0 Å². The number of hydrogen-bond donors (Lipinski definition) is 1. The van der Waals surface area contributed by atoms with Gasteiger partial charge < -0.3 is 14.6 Å². The molecule has 144 valence electrons. The van der Waals surface area contributed by atoms with E-state index in [2.05, 4.69) is 10.3 Å². The Kier molecular flexibility index (Phi) is 5.49. The molecule has 2 aromatic heterocycles. The van der Waals surface area contributed by atoms with Crippen LogP contribution in [0.15, 0.2) is 47.4 Å². The monoisotopic (exact) mass is 383 g/mol. The Bertz CT molecular complexity index is 1120. The summed E-state index contributed by atoms with van der Waals surface area (Å²) in [5.74, 6) is -2.06. The molecule has 1 amide bonds. The molecular weight excluding hydrogens is 365 g/mol. The molecule has 3 rings (SSSR count). The average Bonchev–Trinajstić information content (AvgIpc) is 2.66. The molecule has 1 aromatic carbocycles. The Morgan fingerprint density at radius 3 is 2.75 bits per heavy atom. The third kappa shape index (κ3) is 4.06. The van der Waals surface area contributed by atoms with Crippen molar-refractivity contribution in [2.75, 3.05) is 11.9 Å². The van der Waals surface area contributed by atoms with Crippen molar-refractivity contribution in [2.45, 2.75) is 20.4 Å². The van der Waals surface area contributed by atoms with Crippen LogP contribution in [0.5, 0.6) is 0 Å². The number of anilines is 1. The lowest BCUT2D eigenvalue weighted by molar-refractivity contribution is -0.119. The number of ether oxygens (including phenoxy) is 1. The van der Waals surface area contributed by atoms with Gasteiger partial charge in [-0.1, -0.05) is 6.07 Å². The summed E-state index contributed by atoms with van der Waals surface area (Å²) in [7, 11) is 0. The van der Waals surface area contributed by atoms with Gasteiger partial charge in [-0.2, -0.15) is 0 Å². The summed E-state index contributed by atoms with van der Waals surface area (Å²) in [6.45, 7) is 3.55. The third-order valence-corrected chi connectivity index (χ3v) is 4.06. The summed E-state index contributed by atoms with van der Waals surface area (Å²) in [5, 5.41) is 2.71. The van der Waals surface area contributed by atoms with E-state index < -0.39 is 29.7 Å². The van der Waals surface area contributed by atoms with E-state index in [1.54, 1.807) is 16.7 Å². The lowest BCUT2D eigenvalue weighted by atomic mass is 10.2. The van der Waals surface area contributed by atoms with Crippen LogP contribution in [0.4, 0.5) is 10.1 Å². The minimum atomic E-state index is -0.913. The van der Waals surface area contributed by atoms with Crippen LogP contribution in [-0.4, -0.2) is 28.0 Å². The second-order valence-electron chi connectivity index (χ2n) is 6.12. The molecule has 0 atom stereocenters. The van der Waals surface area contributed by atoms with Crippen LogP contribution < -0.4 is 10.7 Å². The molecule has 8 heteroatoms. The van der Waals surface area contributed by atoms with Crippen LogP contribution in [0.1, 0.15) is 23.0 Å². The molecule has 0 saturated heterocycles. The molecule has 0 aliphatic carbocycles. The summed E-state index contributed by atoms with van der Waals surface area (Å²) in [6.07, 6.45) is 1.38. The molecule has 0 unspecified atom stereocenters. The van der Waals surface area contributed by atoms with Crippen molar-refractivity contribution in [3.05, 3.63) is 69.9 Å². The number of pyridine rings is 2. The molecule has 0 bridgehead atoms. The van der Waals surface area contributed by atoms with Gasteiger partial charge in [0.15, 0.2) is 6.61 Å². The molecule has 1 N–H and O–H groups in total. The minimum absolute atomic E-state index is 0.182. The first kappa shape index (κ1) is 19.2. The van der Waals surface area contributed by atoms with Crippen LogP contribution in [-0.2, 0) is 16.1 Å². The number of amides is 1. The second-order valence-corrected chi connectivity index (χ2v) is 6.12. The number of esters is 1. The van der Waals surface area contributed by atoms with E-state index in [1.807, 2.05) is 13.8 Å². The molecule has 0 aliphatic rings. The van der Waals surface area contributed by atoms with E-state index >= 15 is 0 Å². The maximum Gasteiger partial charge on any atom is 0.344 e. The van der Waals surface area contributed by atoms with E-state index in [0.717, 1.165) is 11.8 Å². The van der Waals surface area contributed by atoms with E-state index in [-0.39, 0.29) is 11.3 Å². The highest BCUT2D eigenvalue weighted by molar-refractivity contribution is 5.96. The number of nitrogens with one attached hydrogen (secondary N) is 1. The largest absolute Gasteiger partial charge is 0.452 e. The van der Waals surface area contributed by atoms with Crippen LogP contribution in [0.25, 0.3) is 11.0 Å². The number of rotatable bonds is 5. The molecule has 7 nitrogen and oxygen atoms in total. The number of nitrogens with zero attached hydrogens (tertiary/aromatic N) is 2. The van der Waals surface area contributed by atoms with Gasteiger partial charge in [-0.15, -0.1) is 0 Å². The standard InChI is InChI=1S/C20H18FN3O4/c1-3-24-10-16(18(26)15-8-7-12(2)22-19(15)24)20(27)28-11-17(25)23-14-6-4-5-13(21)9-14/h4-10H,3,11H2,1-2H3,(H,23,25). The van der Waals surface area contributed by atoms with Crippen LogP contribution in [0, 0.1) is 12.7 Å². The number of fused-ring (bicyclic) bond motifs is 1. The summed E-state index contributed by atoms with van der Waals surface area (Å²) >= 11 is 0. The van der Waals surface area contributed by atoms with Crippen LogP contribution >= 0.6 is 0 Å². The molecule has 0 aliphatic heterocycles. The first-order chi connectivity index (χ1) is 13.4. The van der Waals surface area contributed by atoms with E-state index in [9.17, 15) is 18.8 Å². The lowest BCUT2D eigenvalue weighted by Crippen LogP contribution is -2.25. The maximum atomic E-state index is 13.1. The number of halogens is 1. The Morgan fingerprint density at radius 1 is 1.25 bits per heavy atom. The number of aryl methyl sites for hydroxylation is 2. The van der Waals surface area contributed by atoms with Crippen LogP contribution in [0.2, 0.25) is 0 Å². The molecule has 2 heterocycles. The quantitative estimate of drug-likeness (QED) is 0.684. The van der Waals surface area contributed by atoms with Crippen molar-refractivity contribution in [3.8, 4) is 0 Å². The highest BCUT2D eigenvalue weighted by atomic mass is 19.1. The molecule has 0 saturated carbocycles. The first-order valence-corrected chi connectivity index (χ1v) is 8.62.